The van der Waals surface area contributed by atoms with Crippen LogP contribution in [-0.4, -0.2) is 41.0 Å². The van der Waals surface area contributed by atoms with Gasteiger partial charge in [0.15, 0.2) is 5.65 Å². The first-order chi connectivity index (χ1) is 14.2. The molecule has 4 aromatic rings. The zero-order chi connectivity index (χ0) is 19.8. The third-order valence-electron chi connectivity index (χ3n) is 5.87. The number of hydrogen-bond donors (Lipinski definition) is 2. The fourth-order valence-electron chi connectivity index (χ4n) is 4.19. The number of rotatable bonds is 5. The van der Waals surface area contributed by atoms with Crippen LogP contribution in [0.15, 0.2) is 36.8 Å². The Labute approximate surface area is 168 Å². The number of fused-ring (bicyclic) bond motifs is 1. The molecule has 3 heterocycles. The van der Waals surface area contributed by atoms with E-state index < -0.39 is 0 Å². The van der Waals surface area contributed by atoms with Crippen LogP contribution in [0.4, 0.5) is 5.82 Å². The zero-order valence-corrected chi connectivity index (χ0v) is 16.6. The van der Waals surface area contributed by atoms with Crippen molar-refractivity contribution in [2.24, 2.45) is 7.05 Å². The summed E-state index contributed by atoms with van der Waals surface area (Å²) in [6.45, 7) is 2.10. The Bertz CT molecular complexity index is 1130. The van der Waals surface area contributed by atoms with Crippen LogP contribution in [0.2, 0.25) is 0 Å². The molecule has 3 aromatic heterocycles. The average molecular weight is 388 g/mol. The summed E-state index contributed by atoms with van der Waals surface area (Å²) in [4.78, 5) is 8.60. The fraction of sp³-hybridized carbons (Fsp3) is 0.381. The molecule has 8 nitrogen and oxygen atoms in total. The van der Waals surface area contributed by atoms with E-state index in [0.29, 0.717) is 12.0 Å². The summed E-state index contributed by atoms with van der Waals surface area (Å²) in [5.74, 6) is 3.33. The van der Waals surface area contributed by atoms with E-state index in [1.54, 1.807) is 12.5 Å². The summed E-state index contributed by atoms with van der Waals surface area (Å²) in [5, 5.41) is 20.5. The molecule has 1 aromatic carbocycles. The number of aryl methyl sites for hydroxylation is 1. The number of aromatic amines is 1. The van der Waals surface area contributed by atoms with Gasteiger partial charge in [0.05, 0.1) is 11.6 Å². The van der Waals surface area contributed by atoms with Gasteiger partial charge < -0.3 is 9.88 Å². The topological polar surface area (TPSA) is 97.2 Å². The van der Waals surface area contributed by atoms with Crippen molar-refractivity contribution < 1.29 is 0 Å². The van der Waals surface area contributed by atoms with Gasteiger partial charge in [0.25, 0.3) is 0 Å². The second kappa shape index (κ2) is 7.27. The quantitative estimate of drug-likeness (QED) is 0.545. The maximum atomic E-state index is 4.54. The number of hydrogen-bond acceptors (Lipinski definition) is 6. The second-order valence-electron chi connectivity index (χ2n) is 7.90. The molecular formula is C21H24N8. The Kier molecular flexibility index (Phi) is 4.46. The predicted molar refractivity (Wildman–Crippen MR) is 111 cm³/mol. The first kappa shape index (κ1) is 17.8. The van der Waals surface area contributed by atoms with E-state index >= 15 is 0 Å². The van der Waals surface area contributed by atoms with E-state index in [0.717, 1.165) is 54.2 Å². The molecule has 2 atom stereocenters. The lowest BCUT2D eigenvalue weighted by Gasteiger charge is -2.14. The molecule has 5 rings (SSSR count). The van der Waals surface area contributed by atoms with E-state index in [1.807, 2.05) is 0 Å². The summed E-state index contributed by atoms with van der Waals surface area (Å²) in [6, 6.07) is 8.97. The van der Waals surface area contributed by atoms with Gasteiger partial charge in [0, 0.05) is 25.4 Å². The van der Waals surface area contributed by atoms with Crippen molar-refractivity contribution in [1.82, 2.24) is 34.9 Å². The van der Waals surface area contributed by atoms with Crippen LogP contribution in [0.3, 0.4) is 0 Å². The third kappa shape index (κ3) is 3.46. The summed E-state index contributed by atoms with van der Waals surface area (Å²) in [6.07, 6.45) is 7.32. The molecule has 2 N–H and O–H groups in total. The maximum Gasteiger partial charge on any atom is 0.160 e. The molecule has 0 bridgehead atoms. The Morgan fingerprint density at radius 3 is 2.86 bits per heavy atom. The lowest BCUT2D eigenvalue weighted by atomic mass is 10.1. The number of aromatic nitrogens is 7. The molecule has 0 saturated heterocycles. The summed E-state index contributed by atoms with van der Waals surface area (Å²) >= 11 is 0. The van der Waals surface area contributed by atoms with Gasteiger partial charge in [-0.25, -0.2) is 9.97 Å². The fourth-order valence-corrected chi connectivity index (χ4v) is 4.19. The number of benzene rings is 1. The van der Waals surface area contributed by atoms with Crippen molar-refractivity contribution in [3.8, 4) is 0 Å². The molecule has 8 heteroatoms. The van der Waals surface area contributed by atoms with Crippen LogP contribution in [0, 0.1) is 6.92 Å². The molecule has 1 fully saturated rings. The highest BCUT2D eigenvalue weighted by atomic mass is 15.3. The Morgan fingerprint density at radius 2 is 2.00 bits per heavy atom. The van der Waals surface area contributed by atoms with Crippen LogP contribution in [-0.2, 0) is 13.5 Å². The Morgan fingerprint density at radius 1 is 1.14 bits per heavy atom. The SMILES string of the molecule is Cc1ccc(Cc2nnc([C@@H]3CCC(Nc4ncnc5[nH]ncc45)C3)n2C)cc1. The minimum absolute atomic E-state index is 0.352. The number of nitrogens with one attached hydrogen (secondary N) is 2. The number of nitrogens with zero attached hydrogens (tertiary/aromatic N) is 6. The Hall–Kier alpha value is -3.29. The largest absolute Gasteiger partial charge is 0.367 e. The lowest BCUT2D eigenvalue weighted by molar-refractivity contribution is 0.616. The van der Waals surface area contributed by atoms with Crippen molar-refractivity contribution in [2.45, 2.75) is 44.6 Å². The summed E-state index contributed by atoms with van der Waals surface area (Å²) in [7, 11) is 2.08. The van der Waals surface area contributed by atoms with Crippen LogP contribution < -0.4 is 5.32 Å². The van der Waals surface area contributed by atoms with Crippen molar-refractivity contribution in [3.63, 3.8) is 0 Å². The van der Waals surface area contributed by atoms with E-state index in [4.69, 9.17) is 0 Å². The molecule has 29 heavy (non-hydrogen) atoms. The molecule has 148 valence electrons. The first-order valence-electron chi connectivity index (χ1n) is 10.0. The zero-order valence-electron chi connectivity index (χ0n) is 16.6. The van der Waals surface area contributed by atoms with Gasteiger partial charge in [-0.05, 0) is 31.7 Å². The molecule has 1 unspecified atom stereocenters. The van der Waals surface area contributed by atoms with Gasteiger partial charge >= 0.3 is 0 Å². The van der Waals surface area contributed by atoms with Gasteiger partial charge in [-0.1, -0.05) is 29.8 Å². The highest BCUT2D eigenvalue weighted by Gasteiger charge is 2.30. The van der Waals surface area contributed by atoms with Gasteiger partial charge in [0.1, 0.15) is 23.8 Å². The van der Waals surface area contributed by atoms with Crippen LogP contribution in [0.25, 0.3) is 11.0 Å². The lowest BCUT2D eigenvalue weighted by Crippen LogP contribution is -2.17. The van der Waals surface area contributed by atoms with Gasteiger partial charge in [-0.3, -0.25) is 5.10 Å². The smallest absolute Gasteiger partial charge is 0.160 e. The van der Waals surface area contributed by atoms with Crippen LogP contribution in [0.5, 0.6) is 0 Å². The summed E-state index contributed by atoms with van der Waals surface area (Å²) < 4.78 is 2.17. The molecule has 0 aliphatic heterocycles. The van der Waals surface area contributed by atoms with Crippen molar-refractivity contribution in [1.29, 1.82) is 0 Å². The monoisotopic (exact) mass is 388 g/mol. The predicted octanol–water partition coefficient (Wildman–Crippen LogP) is 3.13. The summed E-state index contributed by atoms with van der Waals surface area (Å²) in [5.41, 5.74) is 3.29. The van der Waals surface area contributed by atoms with Crippen molar-refractivity contribution in [3.05, 3.63) is 59.6 Å². The van der Waals surface area contributed by atoms with E-state index in [2.05, 4.69) is 78.5 Å². The molecular weight excluding hydrogens is 364 g/mol. The van der Waals surface area contributed by atoms with Gasteiger partial charge in [0.2, 0.25) is 0 Å². The van der Waals surface area contributed by atoms with E-state index in [9.17, 15) is 0 Å². The highest BCUT2D eigenvalue weighted by Crippen LogP contribution is 2.35. The van der Waals surface area contributed by atoms with Crippen molar-refractivity contribution >= 4 is 16.9 Å². The highest BCUT2D eigenvalue weighted by molar-refractivity contribution is 5.85. The average Bonchev–Trinajstić information content (AvgIpc) is 3.45. The van der Waals surface area contributed by atoms with E-state index in [1.165, 1.54) is 11.1 Å². The standard InChI is InChI=1S/C21H24N8/c1-13-3-5-14(6-4-13)9-18-26-28-21(29(18)2)15-7-8-16(10-15)25-19-17-11-24-27-20(17)23-12-22-19/h3-6,11-12,15-16H,7-10H2,1-2H3,(H2,22,23,24,25,27)/t15-,16?/m1/s1. The van der Waals surface area contributed by atoms with Crippen molar-refractivity contribution in [2.75, 3.05) is 5.32 Å². The minimum atomic E-state index is 0.352. The van der Waals surface area contributed by atoms with Crippen LogP contribution >= 0.6 is 0 Å². The second-order valence-corrected chi connectivity index (χ2v) is 7.90. The van der Waals surface area contributed by atoms with Gasteiger partial charge in [-0.2, -0.15) is 5.10 Å². The molecule has 0 radical (unpaired) electrons. The van der Waals surface area contributed by atoms with E-state index in [-0.39, 0.29) is 0 Å². The molecule has 1 saturated carbocycles. The minimum Gasteiger partial charge on any atom is -0.367 e. The molecule has 0 spiro atoms. The normalized spacial score (nSPS) is 19.1. The van der Waals surface area contributed by atoms with Gasteiger partial charge in [-0.15, -0.1) is 10.2 Å². The number of H-pyrrole nitrogens is 1. The number of anilines is 1. The molecule has 0 amide bonds. The third-order valence-corrected chi connectivity index (χ3v) is 5.87. The van der Waals surface area contributed by atoms with Crippen LogP contribution in [0.1, 0.15) is 48.0 Å². The first-order valence-corrected chi connectivity index (χ1v) is 10.0. The molecule has 1 aliphatic carbocycles. The Balaban J connectivity index is 1.28. The maximum absolute atomic E-state index is 4.54. The molecule has 1 aliphatic rings.